The van der Waals surface area contributed by atoms with Crippen molar-refractivity contribution in [2.24, 2.45) is 5.92 Å². The molecule has 1 aliphatic rings. The van der Waals surface area contributed by atoms with Crippen molar-refractivity contribution in [2.75, 3.05) is 19.0 Å². The Morgan fingerprint density at radius 2 is 2.25 bits per heavy atom. The largest absolute Gasteiger partial charge is 0.477 e. The van der Waals surface area contributed by atoms with Gasteiger partial charge in [-0.15, -0.1) is 11.3 Å². The molecule has 1 aliphatic carbocycles. The van der Waals surface area contributed by atoms with E-state index in [0.29, 0.717) is 5.95 Å². The fraction of sp³-hybridized carbons (Fsp3) is 0.600. The zero-order valence-corrected chi connectivity index (χ0v) is 12.9. The zero-order valence-electron chi connectivity index (χ0n) is 12.1. The van der Waals surface area contributed by atoms with Crippen LogP contribution in [0.5, 0.6) is 5.88 Å². The number of rotatable bonds is 6. The molecule has 0 bridgehead atoms. The molecule has 0 radical (unpaired) electrons. The van der Waals surface area contributed by atoms with Gasteiger partial charge in [0.1, 0.15) is 4.83 Å². The van der Waals surface area contributed by atoms with Gasteiger partial charge in [-0.05, 0) is 24.8 Å². The standard InChI is InChI=1S/C15H21N3OS/c1-3-11-9-12-13(19-8-7-10-5-4-6-10)17-15(16-2)18-14(12)20-11/h9-10H,3-8H2,1-2H3,(H,16,17,18). The average molecular weight is 291 g/mol. The van der Waals surface area contributed by atoms with Crippen molar-refractivity contribution in [1.82, 2.24) is 9.97 Å². The minimum Gasteiger partial charge on any atom is -0.477 e. The van der Waals surface area contributed by atoms with Crippen molar-refractivity contribution in [3.8, 4) is 5.88 Å². The Balaban J connectivity index is 1.80. The molecule has 4 nitrogen and oxygen atoms in total. The number of hydrogen-bond acceptors (Lipinski definition) is 5. The van der Waals surface area contributed by atoms with Crippen LogP contribution in [0.1, 0.15) is 37.5 Å². The molecular weight excluding hydrogens is 270 g/mol. The van der Waals surface area contributed by atoms with Gasteiger partial charge in [0.2, 0.25) is 11.8 Å². The lowest BCUT2D eigenvalue weighted by molar-refractivity contribution is 0.219. The second kappa shape index (κ2) is 5.95. The summed E-state index contributed by atoms with van der Waals surface area (Å²) in [5.41, 5.74) is 0. The van der Waals surface area contributed by atoms with Gasteiger partial charge in [-0.1, -0.05) is 26.2 Å². The van der Waals surface area contributed by atoms with Crippen molar-refractivity contribution in [2.45, 2.75) is 39.0 Å². The molecular formula is C15H21N3OS. The fourth-order valence-electron chi connectivity index (χ4n) is 2.44. The van der Waals surface area contributed by atoms with Crippen LogP contribution in [0, 0.1) is 5.92 Å². The maximum atomic E-state index is 5.94. The number of hydrogen-bond donors (Lipinski definition) is 1. The molecule has 0 atom stereocenters. The predicted octanol–water partition coefficient (Wildman–Crippen LogP) is 3.86. The number of aryl methyl sites for hydroxylation is 1. The molecule has 0 spiro atoms. The number of ether oxygens (including phenoxy) is 1. The number of thiophene rings is 1. The van der Waals surface area contributed by atoms with Gasteiger partial charge >= 0.3 is 0 Å². The Bertz CT molecular complexity index is 592. The van der Waals surface area contributed by atoms with Gasteiger partial charge in [0.05, 0.1) is 12.0 Å². The third-order valence-electron chi connectivity index (χ3n) is 3.97. The van der Waals surface area contributed by atoms with Gasteiger partial charge in [-0.2, -0.15) is 4.98 Å². The Hall–Kier alpha value is -1.36. The van der Waals surface area contributed by atoms with Crippen LogP contribution in [0.3, 0.4) is 0 Å². The van der Waals surface area contributed by atoms with Crippen LogP contribution in [0.25, 0.3) is 10.2 Å². The molecule has 2 aromatic heterocycles. The van der Waals surface area contributed by atoms with Crippen LogP contribution in [0.15, 0.2) is 6.07 Å². The first-order chi connectivity index (χ1) is 9.80. The van der Waals surface area contributed by atoms with E-state index in [1.807, 2.05) is 7.05 Å². The third kappa shape index (κ3) is 2.73. The summed E-state index contributed by atoms with van der Waals surface area (Å²) < 4.78 is 5.94. The monoisotopic (exact) mass is 291 g/mol. The van der Waals surface area contributed by atoms with E-state index in [1.54, 1.807) is 11.3 Å². The maximum Gasteiger partial charge on any atom is 0.227 e. The number of nitrogens with zero attached hydrogens (tertiary/aromatic N) is 2. The van der Waals surface area contributed by atoms with Gasteiger partial charge in [-0.25, -0.2) is 4.98 Å². The number of fused-ring (bicyclic) bond motifs is 1. The van der Waals surface area contributed by atoms with Crippen LogP contribution in [-0.2, 0) is 6.42 Å². The summed E-state index contributed by atoms with van der Waals surface area (Å²) in [4.78, 5) is 11.3. The molecule has 0 aliphatic heterocycles. The van der Waals surface area contributed by atoms with Crippen molar-refractivity contribution in [3.05, 3.63) is 10.9 Å². The van der Waals surface area contributed by atoms with E-state index in [4.69, 9.17) is 4.74 Å². The minimum atomic E-state index is 0.639. The molecule has 20 heavy (non-hydrogen) atoms. The summed E-state index contributed by atoms with van der Waals surface area (Å²) in [5, 5.41) is 4.07. The van der Waals surface area contributed by atoms with Crippen LogP contribution >= 0.6 is 11.3 Å². The van der Waals surface area contributed by atoms with E-state index in [0.717, 1.165) is 41.5 Å². The summed E-state index contributed by atoms with van der Waals surface area (Å²) in [6.45, 7) is 2.92. The molecule has 0 unspecified atom stereocenters. The van der Waals surface area contributed by atoms with E-state index >= 15 is 0 Å². The highest BCUT2D eigenvalue weighted by Gasteiger charge is 2.18. The van der Waals surface area contributed by atoms with Crippen molar-refractivity contribution in [3.63, 3.8) is 0 Å². The SMILES string of the molecule is CCc1cc2c(OCCC3CCC3)nc(NC)nc2s1. The third-order valence-corrected chi connectivity index (χ3v) is 5.14. The molecule has 5 heteroatoms. The molecule has 1 N–H and O–H groups in total. The lowest BCUT2D eigenvalue weighted by atomic mass is 9.83. The maximum absolute atomic E-state index is 5.94. The van der Waals surface area contributed by atoms with Gasteiger partial charge < -0.3 is 10.1 Å². The number of nitrogens with one attached hydrogen (secondary N) is 1. The van der Waals surface area contributed by atoms with E-state index in [2.05, 4.69) is 28.3 Å². The lowest BCUT2D eigenvalue weighted by Crippen LogP contribution is -2.15. The smallest absolute Gasteiger partial charge is 0.227 e. The van der Waals surface area contributed by atoms with Gasteiger partial charge in [-0.3, -0.25) is 0 Å². The molecule has 108 valence electrons. The Morgan fingerprint density at radius 3 is 2.90 bits per heavy atom. The number of anilines is 1. The lowest BCUT2D eigenvalue weighted by Gasteiger charge is -2.24. The minimum absolute atomic E-state index is 0.639. The molecule has 1 fully saturated rings. The summed E-state index contributed by atoms with van der Waals surface area (Å²) in [5.74, 6) is 2.24. The average Bonchev–Trinajstić information content (AvgIpc) is 2.84. The van der Waals surface area contributed by atoms with E-state index < -0.39 is 0 Å². The van der Waals surface area contributed by atoms with Crippen LogP contribution < -0.4 is 10.1 Å². The van der Waals surface area contributed by atoms with Gasteiger partial charge in [0, 0.05) is 11.9 Å². The topological polar surface area (TPSA) is 47.0 Å². The van der Waals surface area contributed by atoms with Gasteiger partial charge in [0.15, 0.2) is 0 Å². The quantitative estimate of drug-likeness (QED) is 0.877. The Morgan fingerprint density at radius 1 is 1.40 bits per heavy atom. The molecule has 1 saturated carbocycles. The van der Waals surface area contributed by atoms with E-state index in [-0.39, 0.29) is 0 Å². The van der Waals surface area contributed by atoms with E-state index in [9.17, 15) is 0 Å². The number of aromatic nitrogens is 2. The molecule has 0 amide bonds. The molecule has 2 aromatic rings. The highest BCUT2D eigenvalue weighted by Crippen LogP contribution is 2.33. The second-order valence-electron chi connectivity index (χ2n) is 5.32. The first-order valence-electron chi connectivity index (χ1n) is 7.41. The first-order valence-corrected chi connectivity index (χ1v) is 8.22. The normalized spacial score (nSPS) is 15.3. The Labute approximate surface area is 123 Å². The summed E-state index contributed by atoms with van der Waals surface area (Å²) in [6, 6.07) is 2.16. The van der Waals surface area contributed by atoms with Crippen molar-refractivity contribution < 1.29 is 4.74 Å². The fourth-order valence-corrected chi connectivity index (χ4v) is 3.40. The molecule has 0 saturated heterocycles. The van der Waals surface area contributed by atoms with Crippen LogP contribution in [-0.4, -0.2) is 23.6 Å². The van der Waals surface area contributed by atoms with Crippen molar-refractivity contribution in [1.29, 1.82) is 0 Å². The highest BCUT2D eigenvalue weighted by atomic mass is 32.1. The predicted molar refractivity (Wildman–Crippen MR) is 83.8 cm³/mol. The summed E-state index contributed by atoms with van der Waals surface area (Å²) >= 11 is 1.73. The first kappa shape index (κ1) is 13.6. The zero-order chi connectivity index (χ0) is 13.9. The highest BCUT2D eigenvalue weighted by molar-refractivity contribution is 7.18. The summed E-state index contributed by atoms with van der Waals surface area (Å²) in [6.07, 6.45) is 6.28. The van der Waals surface area contributed by atoms with Crippen LogP contribution in [0.2, 0.25) is 0 Å². The molecule has 3 rings (SSSR count). The summed E-state index contributed by atoms with van der Waals surface area (Å²) in [7, 11) is 1.84. The molecule has 0 aromatic carbocycles. The second-order valence-corrected chi connectivity index (χ2v) is 6.44. The van der Waals surface area contributed by atoms with E-state index in [1.165, 1.54) is 24.1 Å². The van der Waals surface area contributed by atoms with Crippen molar-refractivity contribution >= 4 is 27.5 Å². The Kier molecular flexibility index (Phi) is 4.05. The van der Waals surface area contributed by atoms with Crippen LogP contribution in [0.4, 0.5) is 5.95 Å². The van der Waals surface area contributed by atoms with Gasteiger partial charge in [0.25, 0.3) is 0 Å². The molecule has 2 heterocycles.